The molecule has 84 valence electrons. The van der Waals surface area contributed by atoms with Crippen LogP contribution < -0.4 is 103 Å². The zero-order chi connectivity index (χ0) is 0. The Hall–Kier alpha value is 6.17. The first-order chi connectivity index (χ1) is 0. The summed E-state index contributed by atoms with van der Waals surface area (Å²) in [4.78, 5) is 0. The molecule has 0 aliphatic rings. The van der Waals surface area contributed by atoms with Gasteiger partial charge in [-0.25, -0.2) is 0 Å². The Morgan fingerprint density at radius 2 is 0.250 bits per heavy atom. The van der Waals surface area contributed by atoms with Gasteiger partial charge in [-0.15, -0.1) is 124 Å². The summed E-state index contributed by atoms with van der Waals surface area (Å²) >= 11 is 0. The van der Waals surface area contributed by atoms with E-state index >= 15 is 0 Å². The second kappa shape index (κ2) is 118. The van der Waals surface area contributed by atoms with E-state index in [-0.39, 0.29) is 230 Å². The first-order valence-electron chi connectivity index (χ1n) is 0. The van der Waals surface area contributed by atoms with Crippen LogP contribution in [0.2, 0.25) is 0 Å². The molecule has 0 heterocycles. The fourth-order valence-corrected chi connectivity index (χ4v) is 0. The summed E-state index contributed by atoms with van der Waals surface area (Å²) in [5, 5.41) is 0. The first kappa shape index (κ1) is 141. The second-order valence-electron chi connectivity index (χ2n) is 0. The third-order valence-corrected chi connectivity index (χ3v) is 0. The second-order valence-corrected chi connectivity index (χ2v) is 0. The van der Waals surface area contributed by atoms with Crippen LogP contribution in [0.1, 0.15) is 2.85 Å². The number of hydrogen-bond donors (Lipinski definition) is 0. The maximum absolute atomic E-state index is 0. The predicted octanol–water partition coefficient (Wildman–Crippen LogP) is -1.55. The Labute approximate surface area is 224 Å². The number of halogens is 10. The van der Waals surface area contributed by atoms with E-state index in [2.05, 4.69) is 0 Å². The molecule has 0 aromatic rings. The quantitative estimate of drug-likeness (QED) is 0.397. The Bertz CT molecular complexity index is 16.1. The van der Waals surface area contributed by atoms with Gasteiger partial charge < -0.3 is 2.85 Å². The van der Waals surface area contributed by atoms with Gasteiger partial charge in [0.1, 0.15) is 0 Å². The standard InChI is InChI=1S/10ClH.2K.2H/h10*1H;;;;/q;;;;;;;;;;2*+1;2*-1. The van der Waals surface area contributed by atoms with Gasteiger partial charge in [0.05, 0.1) is 0 Å². The third kappa shape index (κ3) is 97.7. The van der Waals surface area contributed by atoms with Crippen molar-refractivity contribution in [2.24, 2.45) is 0 Å². The summed E-state index contributed by atoms with van der Waals surface area (Å²) in [5.41, 5.74) is 0. The van der Waals surface area contributed by atoms with Gasteiger partial charge >= 0.3 is 103 Å². The molecule has 0 aliphatic carbocycles. The van der Waals surface area contributed by atoms with Crippen LogP contribution in [-0.2, 0) is 0 Å². The predicted molar refractivity (Wildman–Crippen MR) is 74.7 cm³/mol. The van der Waals surface area contributed by atoms with Crippen molar-refractivity contribution in [2.75, 3.05) is 0 Å². The zero-order valence-corrected chi connectivity index (χ0v) is 20.5. The molecule has 0 fully saturated rings. The van der Waals surface area contributed by atoms with Crippen LogP contribution in [0.3, 0.4) is 0 Å². The fourth-order valence-electron chi connectivity index (χ4n) is 0. The van der Waals surface area contributed by atoms with Gasteiger partial charge in [0.25, 0.3) is 0 Å². The van der Waals surface area contributed by atoms with Gasteiger partial charge in [0.2, 0.25) is 0 Å². The van der Waals surface area contributed by atoms with E-state index in [0.29, 0.717) is 0 Å². The average Bonchev–Trinajstić information content (AvgIpc) is 0. The van der Waals surface area contributed by atoms with E-state index in [0.717, 1.165) is 0 Å². The molecule has 0 atom stereocenters. The van der Waals surface area contributed by atoms with Crippen LogP contribution in [-0.4, -0.2) is 0 Å². The minimum Gasteiger partial charge on any atom is -1.00 e. The average molecular weight is 445 g/mol. The summed E-state index contributed by atoms with van der Waals surface area (Å²) in [6.45, 7) is 0. The van der Waals surface area contributed by atoms with Crippen LogP contribution in [0.15, 0.2) is 0 Å². The van der Waals surface area contributed by atoms with E-state index in [1.165, 1.54) is 0 Å². The molecule has 0 radical (unpaired) electrons. The van der Waals surface area contributed by atoms with Crippen LogP contribution in [0, 0.1) is 0 Å². The van der Waals surface area contributed by atoms with Crippen molar-refractivity contribution in [3.05, 3.63) is 0 Å². The van der Waals surface area contributed by atoms with Crippen molar-refractivity contribution in [1.82, 2.24) is 0 Å². The molecule has 0 aromatic heterocycles. The first-order valence-corrected chi connectivity index (χ1v) is 0. The molecule has 0 aliphatic heterocycles. The molecule has 0 spiro atoms. The van der Waals surface area contributed by atoms with E-state index in [4.69, 9.17) is 0 Å². The van der Waals surface area contributed by atoms with Gasteiger partial charge in [-0.2, -0.15) is 0 Å². The summed E-state index contributed by atoms with van der Waals surface area (Å²) in [7, 11) is 0. The van der Waals surface area contributed by atoms with Gasteiger partial charge in [0.15, 0.2) is 0 Å². The molecule has 12 heavy (non-hydrogen) atoms. The summed E-state index contributed by atoms with van der Waals surface area (Å²) in [5.74, 6) is 0. The van der Waals surface area contributed by atoms with Gasteiger partial charge in [-0.3, -0.25) is 0 Å². The fraction of sp³-hybridized carbons (Fsp3) is 0. The Morgan fingerprint density at radius 3 is 0.250 bits per heavy atom. The van der Waals surface area contributed by atoms with Crippen LogP contribution in [0.5, 0.6) is 0 Å². The van der Waals surface area contributed by atoms with Gasteiger partial charge in [-0.05, 0) is 0 Å². The van der Waals surface area contributed by atoms with Crippen molar-refractivity contribution in [3.8, 4) is 0 Å². The molecule has 0 N–H and O–H groups in total. The van der Waals surface area contributed by atoms with E-state index in [9.17, 15) is 0 Å². The SMILES string of the molecule is Cl.Cl.Cl.Cl.Cl.Cl.Cl.Cl.Cl.Cl.[H-].[H-].[K+].[K+]. The monoisotopic (exact) mass is 440 g/mol. The third-order valence-electron chi connectivity index (χ3n) is 0. The summed E-state index contributed by atoms with van der Waals surface area (Å²) in [6.07, 6.45) is 0. The molecule has 12 heteroatoms. The molecular formula is H12Cl10K2. The van der Waals surface area contributed by atoms with Crippen LogP contribution >= 0.6 is 124 Å². The topological polar surface area (TPSA) is 0 Å². The molecule has 0 saturated carbocycles. The zero-order valence-electron chi connectivity index (χ0n) is 8.08. The molecule has 0 aromatic carbocycles. The Morgan fingerprint density at radius 1 is 0.250 bits per heavy atom. The summed E-state index contributed by atoms with van der Waals surface area (Å²) < 4.78 is 0. The van der Waals surface area contributed by atoms with Gasteiger partial charge in [-0.1, -0.05) is 0 Å². The number of hydrogen-bond acceptors (Lipinski definition) is 0. The van der Waals surface area contributed by atoms with Crippen molar-refractivity contribution in [2.45, 2.75) is 0 Å². The normalized spacial score (nSPS) is 0. The van der Waals surface area contributed by atoms with Crippen LogP contribution in [0.4, 0.5) is 0 Å². The van der Waals surface area contributed by atoms with E-state index in [1.807, 2.05) is 0 Å². The van der Waals surface area contributed by atoms with Crippen molar-refractivity contribution in [1.29, 1.82) is 0 Å². The number of rotatable bonds is 0. The molecule has 0 amide bonds. The molecule has 0 saturated heterocycles. The molecule has 0 rings (SSSR count). The Kier molecular flexibility index (Phi) is 1380. The molecule has 0 bridgehead atoms. The van der Waals surface area contributed by atoms with Crippen molar-refractivity contribution >= 4 is 124 Å². The minimum atomic E-state index is 0. The molecular weight excluding hydrogens is 433 g/mol. The maximum Gasteiger partial charge on any atom is 1.00 e. The molecule has 0 unspecified atom stereocenters. The summed E-state index contributed by atoms with van der Waals surface area (Å²) in [6, 6.07) is 0. The molecule has 0 nitrogen and oxygen atoms in total. The van der Waals surface area contributed by atoms with Crippen LogP contribution in [0.25, 0.3) is 0 Å². The minimum absolute atomic E-state index is 0. The Balaban J connectivity index is 0. The maximum atomic E-state index is 0. The smallest absolute Gasteiger partial charge is 1.00 e. The van der Waals surface area contributed by atoms with E-state index < -0.39 is 0 Å². The van der Waals surface area contributed by atoms with E-state index in [1.54, 1.807) is 0 Å². The van der Waals surface area contributed by atoms with Gasteiger partial charge in [0, 0.05) is 0 Å². The van der Waals surface area contributed by atoms with Crippen molar-refractivity contribution in [3.63, 3.8) is 0 Å². The largest absolute Gasteiger partial charge is 1.00 e. The van der Waals surface area contributed by atoms with Crippen molar-refractivity contribution < 1.29 is 106 Å².